The number of carbonyl (C=O) groups is 1. The zero-order valence-electron chi connectivity index (χ0n) is 18.2. The third-order valence-corrected chi connectivity index (χ3v) is 4.97. The van der Waals surface area contributed by atoms with Crippen LogP contribution in [0.15, 0.2) is 54.6 Å². The molecule has 0 aliphatic carbocycles. The summed E-state index contributed by atoms with van der Waals surface area (Å²) in [7, 11) is 1.95. The Balaban J connectivity index is 1.47. The van der Waals surface area contributed by atoms with Crippen molar-refractivity contribution in [2.45, 2.75) is 27.3 Å². The predicted molar refractivity (Wildman–Crippen MR) is 119 cm³/mol. The monoisotopic (exact) mass is 406 g/mol. The van der Waals surface area contributed by atoms with Crippen LogP contribution in [0.4, 0.5) is 0 Å². The van der Waals surface area contributed by atoms with Gasteiger partial charge in [0.05, 0.1) is 24.5 Å². The van der Waals surface area contributed by atoms with Crippen molar-refractivity contribution in [3.05, 3.63) is 77.1 Å². The van der Waals surface area contributed by atoms with Gasteiger partial charge in [-0.3, -0.25) is 9.69 Å². The van der Waals surface area contributed by atoms with E-state index < -0.39 is 0 Å². The summed E-state index contributed by atoms with van der Waals surface area (Å²) in [6, 6.07) is 18.0. The molecule has 0 atom stereocenters. The lowest BCUT2D eigenvalue weighted by atomic mass is 10.2. The zero-order chi connectivity index (χ0) is 21.5. The van der Waals surface area contributed by atoms with Crippen molar-refractivity contribution in [2.24, 2.45) is 0 Å². The third-order valence-electron chi connectivity index (χ3n) is 4.97. The van der Waals surface area contributed by atoms with E-state index in [0.29, 0.717) is 26.2 Å². The molecule has 0 spiro atoms. The SMILES string of the molecule is Cc1cccc(OCCNC(=O)CN(C)Cc2c(C)nn(-c3ccccc3)c2C)c1. The van der Waals surface area contributed by atoms with Gasteiger partial charge < -0.3 is 10.1 Å². The molecule has 0 aliphatic rings. The van der Waals surface area contributed by atoms with Crippen LogP contribution in [0.5, 0.6) is 5.75 Å². The average molecular weight is 407 g/mol. The van der Waals surface area contributed by atoms with E-state index in [1.165, 1.54) is 0 Å². The molecule has 1 amide bonds. The number of nitrogens with one attached hydrogen (secondary N) is 1. The third kappa shape index (κ3) is 5.70. The molecule has 158 valence electrons. The molecule has 30 heavy (non-hydrogen) atoms. The van der Waals surface area contributed by atoms with Crippen LogP contribution < -0.4 is 10.1 Å². The number of para-hydroxylation sites is 1. The predicted octanol–water partition coefficient (Wildman–Crippen LogP) is 3.42. The second kappa shape index (κ2) is 10.1. The molecule has 6 nitrogen and oxygen atoms in total. The Hall–Kier alpha value is -3.12. The Labute approximate surface area is 178 Å². The lowest BCUT2D eigenvalue weighted by molar-refractivity contribution is -0.122. The van der Waals surface area contributed by atoms with Gasteiger partial charge in [0, 0.05) is 17.8 Å². The van der Waals surface area contributed by atoms with Crippen LogP contribution >= 0.6 is 0 Å². The van der Waals surface area contributed by atoms with Crippen LogP contribution in [-0.4, -0.2) is 47.3 Å². The van der Waals surface area contributed by atoms with E-state index in [9.17, 15) is 4.79 Å². The maximum Gasteiger partial charge on any atom is 0.234 e. The minimum atomic E-state index is -0.0175. The summed E-state index contributed by atoms with van der Waals surface area (Å²) in [5.74, 6) is 0.804. The largest absolute Gasteiger partial charge is 0.492 e. The molecule has 2 aromatic carbocycles. The van der Waals surface area contributed by atoms with Gasteiger partial charge in [0.25, 0.3) is 0 Å². The Bertz CT molecular complexity index is 982. The van der Waals surface area contributed by atoms with Gasteiger partial charge in [0.1, 0.15) is 12.4 Å². The van der Waals surface area contributed by atoms with E-state index in [1.807, 2.05) is 85.1 Å². The molecule has 1 aromatic heterocycles. The van der Waals surface area contributed by atoms with Gasteiger partial charge in [-0.2, -0.15) is 5.10 Å². The van der Waals surface area contributed by atoms with Crippen molar-refractivity contribution in [3.63, 3.8) is 0 Å². The second-order valence-corrected chi connectivity index (χ2v) is 7.58. The molecule has 0 unspecified atom stereocenters. The maximum atomic E-state index is 12.3. The minimum Gasteiger partial charge on any atom is -0.492 e. The van der Waals surface area contributed by atoms with Crippen molar-refractivity contribution >= 4 is 5.91 Å². The smallest absolute Gasteiger partial charge is 0.234 e. The summed E-state index contributed by atoms with van der Waals surface area (Å²) in [5.41, 5.74) is 5.42. The van der Waals surface area contributed by atoms with Crippen LogP contribution in [0.1, 0.15) is 22.5 Å². The lowest BCUT2D eigenvalue weighted by Gasteiger charge is -2.17. The standard InChI is InChI=1S/C24H30N4O2/c1-18-9-8-12-22(15-18)30-14-13-25-24(29)17-27(4)16-23-19(2)26-28(20(23)3)21-10-6-5-7-11-21/h5-12,15H,13-14,16-17H2,1-4H3,(H,25,29). The number of aromatic nitrogens is 2. The molecule has 3 aromatic rings. The van der Waals surface area contributed by atoms with Crippen LogP contribution in [0.3, 0.4) is 0 Å². The first kappa shape index (κ1) is 21.6. The average Bonchev–Trinajstić information content (AvgIpc) is 3.00. The Morgan fingerprint density at radius 1 is 1.10 bits per heavy atom. The molecule has 0 fully saturated rings. The van der Waals surface area contributed by atoms with E-state index in [4.69, 9.17) is 4.74 Å². The van der Waals surface area contributed by atoms with Gasteiger partial charge in [-0.25, -0.2) is 4.68 Å². The summed E-state index contributed by atoms with van der Waals surface area (Å²) >= 11 is 0. The summed E-state index contributed by atoms with van der Waals surface area (Å²) in [6.07, 6.45) is 0. The highest BCUT2D eigenvalue weighted by Gasteiger charge is 2.15. The first-order valence-corrected chi connectivity index (χ1v) is 10.2. The van der Waals surface area contributed by atoms with Gasteiger partial charge in [-0.05, 0) is 57.6 Å². The molecular formula is C24H30N4O2. The molecule has 1 heterocycles. The molecular weight excluding hydrogens is 376 g/mol. The van der Waals surface area contributed by atoms with Crippen molar-refractivity contribution in [2.75, 3.05) is 26.7 Å². The molecule has 6 heteroatoms. The van der Waals surface area contributed by atoms with Gasteiger partial charge >= 0.3 is 0 Å². The minimum absolute atomic E-state index is 0.0175. The van der Waals surface area contributed by atoms with Gasteiger partial charge in [-0.15, -0.1) is 0 Å². The zero-order valence-corrected chi connectivity index (χ0v) is 18.2. The van der Waals surface area contributed by atoms with Gasteiger partial charge in [0.2, 0.25) is 5.91 Å². The maximum absolute atomic E-state index is 12.3. The molecule has 3 rings (SSSR count). The van der Waals surface area contributed by atoms with Crippen LogP contribution in [-0.2, 0) is 11.3 Å². The highest BCUT2D eigenvalue weighted by atomic mass is 16.5. The number of aryl methyl sites for hydroxylation is 2. The van der Waals surface area contributed by atoms with Crippen molar-refractivity contribution in [1.29, 1.82) is 0 Å². The van der Waals surface area contributed by atoms with Gasteiger partial charge in [-0.1, -0.05) is 30.3 Å². The number of rotatable bonds is 9. The van der Waals surface area contributed by atoms with Crippen LogP contribution in [0.2, 0.25) is 0 Å². The highest BCUT2D eigenvalue weighted by molar-refractivity contribution is 5.77. The Morgan fingerprint density at radius 2 is 1.87 bits per heavy atom. The fourth-order valence-electron chi connectivity index (χ4n) is 3.42. The first-order valence-electron chi connectivity index (χ1n) is 10.2. The van der Waals surface area contributed by atoms with E-state index in [2.05, 4.69) is 17.3 Å². The Kier molecular flexibility index (Phi) is 7.25. The second-order valence-electron chi connectivity index (χ2n) is 7.58. The molecule has 1 N–H and O–H groups in total. The van der Waals surface area contributed by atoms with E-state index in [-0.39, 0.29) is 5.91 Å². The summed E-state index contributed by atoms with van der Waals surface area (Å²) in [5, 5.41) is 7.60. The molecule has 0 bridgehead atoms. The van der Waals surface area contributed by atoms with Crippen molar-refractivity contribution in [3.8, 4) is 11.4 Å². The van der Waals surface area contributed by atoms with E-state index in [0.717, 1.165) is 34.0 Å². The van der Waals surface area contributed by atoms with Gasteiger partial charge in [0.15, 0.2) is 0 Å². The number of carbonyl (C=O) groups excluding carboxylic acids is 1. The van der Waals surface area contributed by atoms with Crippen LogP contribution in [0, 0.1) is 20.8 Å². The number of hydrogen-bond donors (Lipinski definition) is 1. The quantitative estimate of drug-likeness (QED) is 0.553. The van der Waals surface area contributed by atoms with Crippen LogP contribution in [0.25, 0.3) is 5.69 Å². The number of hydrogen-bond acceptors (Lipinski definition) is 4. The topological polar surface area (TPSA) is 59.4 Å². The fourth-order valence-corrected chi connectivity index (χ4v) is 3.42. The van der Waals surface area contributed by atoms with E-state index in [1.54, 1.807) is 0 Å². The molecule has 0 radical (unpaired) electrons. The molecule has 0 aliphatic heterocycles. The molecule has 0 saturated carbocycles. The lowest BCUT2D eigenvalue weighted by Crippen LogP contribution is -2.37. The van der Waals surface area contributed by atoms with Crippen molar-refractivity contribution < 1.29 is 9.53 Å². The number of amides is 1. The van der Waals surface area contributed by atoms with Crippen molar-refractivity contribution in [1.82, 2.24) is 20.0 Å². The summed E-state index contributed by atoms with van der Waals surface area (Å²) < 4.78 is 7.63. The number of benzene rings is 2. The van der Waals surface area contributed by atoms with E-state index >= 15 is 0 Å². The fraction of sp³-hybridized carbons (Fsp3) is 0.333. The highest BCUT2D eigenvalue weighted by Crippen LogP contribution is 2.19. The normalized spacial score (nSPS) is 11.0. The first-order chi connectivity index (χ1) is 14.4. The summed E-state index contributed by atoms with van der Waals surface area (Å²) in [4.78, 5) is 14.3. The number of likely N-dealkylation sites (N-methyl/N-ethyl adjacent to an activating group) is 1. The number of ether oxygens (including phenoxy) is 1. The summed E-state index contributed by atoms with van der Waals surface area (Å²) in [6.45, 7) is 8.01. The Morgan fingerprint density at radius 3 is 2.60 bits per heavy atom. The number of nitrogens with zero attached hydrogens (tertiary/aromatic N) is 3. The molecule has 0 saturated heterocycles.